The molecular weight excluding hydrogens is 326 g/mol. The molecule has 0 amide bonds. The molecule has 1 aromatic carbocycles. The lowest BCUT2D eigenvalue weighted by atomic mass is 10.3. The lowest BCUT2D eigenvalue weighted by Crippen LogP contribution is -2.45. The van der Waals surface area contributed by atoms with Gasteiger partial charge in [-0.2, -0.15) is 15.0 Å². The van der Waals surface area contributed by atoms with Gasteiger partial charge in [-0.05, 0) is 19.2 Å². The van der Waals surface area contributed by atoms with Gasteiger partial charge in [0.15, 0.2) is 0 Å². The maximum atomic E-state index is 10.7. The fourth-order valence-electron chi connectivity index (χ4n) is 2.43. The lowest BCUT2D eigenvalue weighted by Gasteiger charge is -2.32. The van der Waals surface area contributed by atoms with Crippen molar-refractivity contribution in [2.45, 2.75) is 0 Å². The van der Waals surface area contributed by atoms with Crippen molar-refractivity contribution >= 4 is 29.2 Å². The number of benzene rings is 1. The Kier molecular flexibility index (Phi) is 4.86. The van der Waals surface area contributed by atoms with E-state index in [0.29, 0.717) is 17.6 Å². The summed E-state index contributed by atoms with van der Waals surface area (Å²) in [6.07, 6.45) is 0. The van der Waals surface area contributed by atoms with E-state index in [-0.39, 0.29) is 11.6 Å². The van der Waals surface area contributed by atoms with E-state index < -0.39 is 4.92 Å². The molecule has 0 saturated carbocycles. The van der Waals surface area contributed by atoms with Gasteiger partial charge in [-0.25, -0.2) is 5.84 Å². The fourth-order valence-corrected chi connectivity index (χ4v) is 2.43. The van der Waals surface area contributed by atoms with Crippen molar-refractivity contribution in [3.8, 4) is 0 Å². The first-order valence-electron chi connectivity index (χ1n) is 7.73. The molecule has 132 valence electrons. The zero-order valence-corrected chi connectivity index (χ0v) is 13.7. The molecule has 2 aromatic rings. The van der Waals surface area contributed by atoms with Gasteiger partial charge in [0.25, 0.3) is 5.69 Å². The van der Waals surface area contributed by atoms with E-state index in [1.165, 1.54) is 12.1 Å². The van der Waals surface area contributed by atoms with Crippen LogP contribution < -0.4 is 21.5 Å². The molecule has 1 saturated heterocycles. The number of nitrogens with zero attached hydrogens (tertiary/aromatic N) is 6. The summed E-state index contributed by atoms with van der Waals surface area (Å²) in [6.45, 7) is 3.45. The molecule has 1 aromatic heterocycles. The number of nitrogens with two attached hydrogens (primary N) is 1. The molecule has 3 rings (SSSR count). The Labute approximate surface area is 144 Å². The van der Waals surface area contributed by atoms with Gasteiger partial charge in [-0.3, -0.25) is 15.5 Å². The van der Waals surface area contributed by atoms with Gasteiger partial charge in [-0.1, -0.05) is 0 Å². The quantitative estimate of drug-likeness (QED) is 0.400. The first-order chi connectivity index (χ1) is 12.0. The Morgan fingerprint density at radius 1 is 1.08 bits per heavy atom. The van der Waals surface area contributed by atoms with Crippen molar-refractivity contribution < 1.29 is 4.92 Å². The minimum Gasteiger partial charge on any atom is -0.338 e. The summed E-state index contributed by atoms with van der Waals surface area (Å²) in [4.78, 5) is 27.5. The number of piperazine rings is 1. The number of nitro benzene ring substituents is 1. The summed E-state index contributed by atoms with van der Waals surface area (Å²) in [5, 5.41) is 13.7. The molecular formula is C14H19N9O2. The number of nitro groups is 1. The Morgan fingerprint density at radius 3 is 2.32 bits per heavy atom. The maximum absolute atomic E-state index is 10.7. The predicted molar refractivity (Wildman–Crippen MR) is 93.7 cm³/mol. The van der Waals surface area contributed by atoms with E-state index in [1.54, 1.807) is 12.1 Å². The average Bonchev–Trinajstić information content (AvgIpc) is 2.62. The van der Waals surface area contributed by atoms with E-state index in [2.05, 4.69) is 42.5 Å². The minimum absolute atomic E-state index is 0.0173. The van der Waals surface area contributed by atoms with Crippen molar-refractivity contribution in [3.05, 3.63) is 34.4 Å². The lowest BCUT2D eigenvalue weighted by molar-refractivity contribution is -0.384. The highest BCUT2D eigenvalue weighted by Gasteiger charge is 2.18. The SMILES string of the molecule is CN1CCN(c2nc(NN)nc(Nc3ccc([N+](=O)[O-])cc3)n2)CC1. The Balaban J connectivity index is 1.80. The van der Waals surface area contributed by atoms with Crippen LogP contribution in [0, 0.1) is 10.1 Å². The van der Waals surface area contributed by atoms with E-state index in [4.69, 9.17) is 5.84 Å². The number of aromatic nitrogens is 3. The van der Waals surface area contributed by atoms with Crippen LogP contribution in [-0.4, -0.2) is 58.0 Å². The van der Waals surface area contributed by atoms with Crippen LogP contribution in [0.3, 0.4) is 0 Å². The van der Waals surface area contributed by atoms with Crippen LogP contribution in [-0.2, 0) is 0 Å². The zero-order valence-electron chi connectivity index (χ0n) is 13.7. The van der Waals surface area contributed by atoms with Gasteiger partial charge >= 0.3 is 0 Å². The number of rotatable bonds is 5. The molecule has 0 unspecified atom stereocenters. The molecule has 25 heavy (non-hydrogen) atoms. The van der Waals surface area contributed by atoms with Gasteiger partial charge < -0.3 is 15.1 Å². The van der Waals surface area contributed by atoms with Crippen molar-refractivity contribution in [3.63, 3.8) is 0 Å². The average molecular weight is 345 g/mol. The summed E-state index contributed by atoms with van der Waals surface area (Å²) < 4.78 is 0. The second kappa shape index (κ2) is 7.23. The monoisotopic (exact) mass is 345 g/mol. The third-order valence-electron chi connectivity index (χ3n) is 3.87. The third-order valence-corrected chi connectivity index (χ3v) is 3.87. The third kappa shape index (κ3) is 4.08. The molecule has 1 fully saturated rings. The van der Waals surface area contributed by atoms with Gasteiger partial charge in [0.05, 0.1) is 4.92 Å². The topological polar surface area (TPSA) is 138 Å². The van der Waals surface area contributed by atoms with Crippen molar-refractivity contribution in [1.82, 2.24) is 19.9 Å². The largest absolute Gasteiger partial charge is 0.338 e. The minimum atomic E-state index is -0.450. The first-order valence-corrected chi connectivity index (χ1v) is 7.73. The molecule has 4 N–H and O–H groups in total. The van der Waals surface area contributed by atoms with Crippen molar-refractivity contribution in [2.24, 2.45) is 5.84 Å². The first kappa shape index (κ1) is 16.8. The summed E-state index contributed by atoms with van der Waals surface area (Å²) >= 11 is 0. The normalized spacial score (nSPS) is 15.0. The highest BCUT2D eigenvalue weighted by molar-refractivity contribution is 5.57. The predicted octanol–water partition coefficient (Wildman–Crippen LogP) is 0.561. The van der Waals surface area contributed by atoms with Gasteiger partial charge in [0.1, 0.15) is 0 Å². The second-order valence-electron chi connectivity index (χ2n) is 5.65. The van der Waals surface area contributed by atoms with Gasteiger partial charge in [0.2, 0.25) is 17.8 Å². The van der Waals surface area contributed by atoms with E-state index >= 15 is 0 Å². The maximum Gasteiger partial charge on any atom is 0.269 e. The molecule has 2 heterocycles. The molecule has 1 aliphatic rings. The summed E-state index contributed by atoms with van der Waals surface area (Å²) in [5.41, 5.74) is 3.08. The number of non-ortho nitro benzene ring substituents is 1. The molecule has 0 atom stereocenters. The number of hydrazine groups is 1. The number of anilines is 4. The van der Waals surface area contributed by atoms with Crippen molar-refractivity contribution in [1.29, 1.82) is 0 Å². The van der Waals surface area contributed by atoms with E-state index in [1.807, 2.05) is 0 Å². The second-order valence-corrected chi connectivity index (χ2v) is 5.65. The smallest absolute Gasteiger partial charge is 0.269 e. The standard InChI is InChI=1S/C14H19N9O2/c1-21-6-8-22(9-7-21)14-18-12(17-13(19-14)20-15)16-10-2-4-11(5-3-10)23(24)25/h2-5H,6-9,15H2,1H3,(H2,16,17,18,19,20). The number of hydrogen-bond acceptors (Lipinski definition) is 10. The Hall–Kier alpha value is -3.05. The molecule has 11 heteroatoms. The van der Waals surface area contributed by atoms with Crippen LogP contribution in [0.15, 0.2) is 24.3 Å². The molecule has 0 aliphatic carbocycles. The number of hydrogen-bond donors (Lipinski definition) is 3. The van der Waals surface area contributed by atoms with Crippen LogP contribution in [0.2, 0.25) is 0 Å². The van der Waals surface area contributed by atoms with Gasteiger partial charge in [-0.15, -0.1) is 0 Å². The molecule has 0 radical (unpaired) electrons. The van der Waals surface area contributed by atoms with Crippen LogP contribution in [0.1, 0.15) is 0 Å². The highest BCUT2D eigenvalue weighted by atomic mass is 16.6. The zero-order chi connectivity index (χ0) is 17.8. The van der Waals surface area contributed by atoms with Gasteiger partial charge in [0, 0.05) is 44.0 Å². The number of nitrogen functional groups attached to an aromatic ring is 1. The van der Waals surface area contributed by atoms with Crippen LogP contribution in [0.5, 0.6) is 0 Å². The Morgan fingerprint density at radius 2 is 1.72 bits per heavy atom. The summed E-state index contributed by atoms with van der Waals surface area (Å²) in [5.74, 6) is 6.54. The fraction of sp³-hybridized carbons (Fsp3) is 0.357. The van der Waals surface area contributed by atoms with Crippen LogP contribution >= 0.6 is 0 Å². The van der Waals surface area contributed by atoms with Crippen molar-refractivity contribution in [2.75, 3.05) is 48.9 Å². The van der Waals surface area contributed by atoms with Crippen LogP contribution in [0.4, 0.5) is 29.2 Å². The van der Waals surface area contributed by atoms with E-state index in [9.17, 15) is 10.1 Å². The number of likely N-dealkylation sites (N-methyl/N-ethyl adjacent to an activating group) is 1. The van der Waals surface area contributed by atoms with E-state index in [0.717, 1.165) is 26.2 Å². The van der Waals surface area contributed by atoms with Crippen LogP contribution in [0.25, 0.3) is 0 Å². The molecule has 11 nitrogen and oxygen atoms in total. The Bertz CT molecular complexity index is 744. The summed E-state index contributed by atoms with van der Waals surface area (Å²) in [6, 6.07) is 6.00. The highest BCUT2D eigenvalue weighted by Crippen LogP contribution is 2.20. The molecule has 0 spiro atoms. The molecule has 1 aliphatic heterocycles. The molecule has 0 bridgehead atoms. The number of nitrogens with one attached hydrogen (secondary N) is 2. The summed E-state index contributed by atoms with van der Waals surface area (Å²) in [7, 11) is 2.07.